The van der Waals surface area contributed by atoms with Gasteiger partial charge in [-0.05, 0) is 36.4 Å². The molecule has 2 aliphatic rings. The maximum Gasteiger partial charge on any atom is 0.251 e. The first kappa shape index (κ1) is 11.1. The van der Waals surface area contributed by atoms with Crippen molar-refractivity contribution in [1.29, 1.82) is 0 Å². The Kier molecular flexibility index (Phi) is 2.38. The van der Waals surface area contributed by atoms with Gasteiger partial charge in [0.25, 0.3) is 5.91 Å². The van der Waals surface area contributed by atoms with E-state index in [1.807, 2.05) is 30.5 Å². The molecule has 1 aromatic heterocycles. The van der Waals surface area contributed by atoms with Gasteiger partial charge in [-0.3, -0.25) is 4.79 Å². The van der Waals surface area contributed by atoms with E-state index in [4.69, 9.17) is 4.74 Å². The number of carbonyl (C=O) groups is 1. The summed E-state index contributed by atoms with van der Waals surface area (Å²) in [5.74, 6) is 0.546. The SMILES string of the molecule is O=C(N[C@@H]1C[C@H]2OCC[C@@H]12)c1ccc2cc[nH]c2c1. The number of hydrogen-bond acceptors (Lipinski definition) is 2. The van der Waals surface area contributed by atoms with Crippen LogP contribution in [0.5, 0.6) is 0 Å². The molecule has 4 heteroatoms. The van der Waals surface area contributed by atoms with Crippen molar-refractivity contribution in [2.24, 2.45) is 5.92 Å². The lowest BCUT2D eigenvalue weighted by atomic mass is 9.76. The molecule has 4 nitrogen and oxygen atoms in total. The molecule has 2 heterocycles. The van der Waals surface area contributed by atoms with Crippen LogP contribution in [0.15, 0.2) is 30.5 Å². The molecule has 1 saturated carbocycles. The number of amides is 1. The third-order valence-electron chi connectivity index (χ3n) is 4.40. The number of nitrogens with one attached hydrogen (secondary N) is 2. The average molecular weight is 256 g/mol. The molecular weight excluding hydrogens is 240 g/mol. The van der Waals surface area contributed by atoms with Gasteiger partial charge < -0.3 is 15.0 Å². The zero-order chi connectivity index (χ0) is 12.8. The smallest absolute Gasteiger partial charge is 0.251 e. The van der Waals surface area contributed by atoms with E-state index in [0.717, 1.165) is 35.9 Å². The third kappa shape index (κ3) is 1.75. The van der Waals surface area contributed by atoms with E-state index in [9.17, 15) is 4.79 Å². The molecule has 1 aliphatic heterocycles. The van der Waals surface area contributed by atoms with Crippen LogP contribution < -0.4 is 5.32 Å². The maximum absolute atomic E-state index is 12.2. The molecule has 2 aromatic rings. The van der Waals surface area contributed by atoms with E-state index in [0.29, 0.717) is 18.1 Å². The second-order valence-electron chi connectivity index (χ2n) is 5.46. The van der Waals surface area contributed by atoms with Gasteiger partial charge in [-0.1, -0.05) is 6.07 Å². The molecule has 0 bridgehead atoms. The summed E-state index contributed by atoms with van der Waals surface area (Å²) < 4.78 is 5.56. The predicted octanol–water partition coefficient (Wildman–Crippen LogP) is 2.08. The van der Waals surface area contributed by atoms with E-state index in [1.165, 1.54) is 0 Å². The molecule has 2 N–H and O–H groups in total. The van der Waals surface area contributed by atoms with Crippen LogP contribution in [0.3, 0.4) is 0 Å². The highest BCUT2D eigenvalue weighted by Gasteiger charge is 2.45. The molecule has 98 valence electrons. The van der Waals surface area contributed by atoms with Crippen molar-refractivity contribution in [2.75, 3.05) is 6.61 Å². The summed E-state index contributed by atoms with van der Waals surface area (Å²) in [6.07, 6.45) is 4.31. The number of aromatic nitrogens is 1. The lowest BCUT2D eigenvalue weighted by Gasteiger charge is -2.39. The topological polar surface area (TPSA) is 54.1 Å². The Hall–Kier alpha value is -1.81. The molecule has 0 unspecified atom stereocenters. The minimum Gasteiger partial charge on any atom is -0.378 e. The number of fused-ring (bicyclic) bond motifs is 2. The number of ether oxygens (including phenoxy) is 1. The Balaban J connectivity index is 1.50. The lowest BCUT2D eigenvalue weighted by molar-refractivity contribution is 0.00810. The van der Waals surface area contributed by atoms with E-state index < -0.39 is 0 Å². The Bertz CT molecular complexity index is 634. The fourth-order valence-corrected chi connectivity index (χ4v) is 3.20. The van der Waals surface area contributed by atoms with Crippen LogP contribution in [0.2, 0.25) is 0 Å². The number of rotatable bonds is 2. The monoisotopic (exact) mass is 256 g/mol. The first-order valence-electron chi connectivity index (χ1n) is 6.81. The summed E-state index contributed by atoms with van der Waals surface area (Å²) in [7, 11) is 0. The molecule has 4 rings (SSSR count). The van der Waals surface area contributed by atoms with Gasteiger partial charge in [0.05, 0.1) is 6.10 Å². The maximum atomic E-state index is 12.2. The van der Waals surface area contributed by atoms with Crippen molar-refractivity contribution in [3.05, 3.63) is 36.0 Å². The molecule has 1 aliphatic carbocycles. The van der Waals surface area contributed by atoms with Crippen LogP contribution in [0.25, 0.3) is 10.9 Å². The van der Waals surface area contributed by atoms with Gasteiger partial charge in [0.1, 0.15) is 0 Å². The van der Waals surface area contributed by atoms with Gasteiger partial charge >= 0.3 is 0 Å². The summed E-state index contributed by atoms with van der Waals surface area (Å²) in [6, 6.07) is 8.06. The molecule has 1 aromatic carbocycles. The molecule has 1 saturated heterocycles. The second kappa shape index (κ2) is 4.10. The van der Waals surface area contributed by atoms with Crippen molar-refractivity contribution >= 4 is 16.8 Å². The number of H-pyrrole nitrogens is 1. The van der Waals surface area contributed by atoms with Crippen LogP contribution in [-0.4, -0.2) is 29.6 Å². The normalized spacial score (nSPS) is 28.9. The van der Waals surface area contributed by atoms with E-state index in [2.05, 4.69) is 10.3 Å². The number of hydrogen-bond donors (Lipinski definition) is 2. The fourth-order valence-electron chi connectivity index (χ4n) is 3.20. The summed E-state index contributed by atoms with van der Waals surface area (Å²) in [5.41, 5.74) is 1.72. The van der Waals surface area contributed by atoms with Crippen molar-refractivity contribution in [1.82, 2.24) is 10.3 Å². The Morgan fingerprint density at radius 2 is 2.32 bits per heavy atom. The summed E-state index contributed by atoms with van der Waals surface area (Å²) in [5, 5.41) is 4.26. The highest BCUT2D eigenvalue weighted by molar-refractivity contribution is 5.98. The molecule has 3 atom stereocenters. The summed E-state index contributed by atoms with van der Waals surface area (Å²) in [6.45, 7) is 0.843. The molecule has 0 spiro atoms. The predicted molar refractivity (Wildman–Crippen MR) is 72.0 cm³/mol. The minimum atomic E-state index is 0.0202. The first-order valence-corrected chi connectivity index (χ1v) is 6.81. The van der Waals surface area contributed by atoms with Crippen LogP contribution in [0.4, 0.5) is 0 Å². The highest BCUT2D eigenvalue weighted by Crippen LogP contribution is 2.38. The largest absolute Gasteiger partial charge is 0.378 e. The van der Waals surface area contributed by atoms with Crippen molar-refractivity contribution in [3.8, 4) is 0 Å². The van der Waals surface area contributed by atoms with E-state index >= 15 is 0 Å². The van der Waals surface area contributed by atoms with Crippen molar-refractivity contribution in [3.63, 3.8) is 0 Å². The van der Waals surface area contributed by atoms with Gasteiger partial charge in [0, 0.05) is 35.8 Å². The number of benzene rings is 1. The molecule has 2 fully saturated rings. The lowest BCUT2D eigenvalue weighted by Crippen LogP contribution is -2.53. The molecule has 1 amide bonds. The third-order valence-corrected chi connectivity index (χ3v) is 4.40. The molecular formula is C15H16N2O2. The Morgan fingerprint density at radius 1 is 1.37 bits per heavy atom. The van der Waals surface area contributed by atoms with E-state index in [1.54, 1.807) is 0 Å². The minimum absolute atomic E-state index is 0.0202. The van der Waals surface area contributed by atoms with Crippen LogP contribution in [0, 0.1) is 5.92 Å². The van der Waals surface area contributed by atoms with Gasteiger partial charge in [0.15, 0.2) is 0 Å². The summed E-state index contributed by atoms with van der Waals surface area (Å²) >= 11 is 0. The van der Waals surface area contributed by atoms with Crippen molar-refractivity contribution < 1.29 is 9.53 Å². The Labute approximate surface area is 111 Å². The highest BCUT2D eigenvalue weighted by atomic mass is 16.5. The van der Waals surface area contributed by atoms with Gasteiger partial charge in [0.2, 0.25) is 0 Å². The van der Waals surface area contributed by atoms with Gasteiger partial charge in [-0.15, -0.1) is 0 Å². The molecule has 0 radical (unpaired) electrons. The zero-order valence-electron chi connectivity index (χ0n) is 10.6. The molecule has 19 heavy (non-hydrogen) atoms. The fraction of sp³-hybridized carbons (Fsp3) is 0.400. The van der Waals surface area contributed by atoms with Gasteiger partial charge in [-0.25, -0.2) is 0 Å². The first-order chi connectivity index (χ1) is 9.31. The standard InChI is InChI=1S/C15H16N2O2/c18-15(17-13-8-14-11(13)4-6-19-14)10-2-1-9-3-5-16-12(9)7-10/h1-3,5,7,11,13-14,16H,4,6,8H2,(H,17,18)/t11-,13+,14+/m0/s1. The Morgan fingerprint density at radius 3 is 3.21 bits per heavy atom. The second-order valence-corrected chi connectivity index (χ2v) is 5.46. The van der Waals surface area contributed by atoms with Crippen LogP contribution >= 0.6 is 0 Å². The van der Waals surface area contributed by atoms with Crippen molar-refractivity contribution in [2.45, 2.75) is 25.0 Å². The van der Waals surface area contributed by atoms with E-state index in [-0.39, 0.29) is 5.91 Å². The van der Waals surface area contributed by atoms with Gasteiger partial charge in [-0.2, -0.15) is 0 Å². The zero-order valence-corrected chi connectivity index (χ0v) is 10.6. The van der Waals surface area contributed by atoms with Crippen LogP contribution in [-0.2, 0) is 4.74 Å². The number of aromatic amines is 1. The quantitative estimate of drug-likeness (QED) is 0.864. The average Bonchev–Trinajstić information content (AvgIpc) is 3.00. The number of carbonyl (C=O) groups excluding carboxylic acids is 1. The van der Waals surface area contributed by atoms with Crippen LogP contribution in [0.1, 0.15) is 23.2 Å². The summed E-state index contributed by atoms with van der Waals surface area (Å²) in [4.78, 5) is 15.4.